The van der Waals surface area contributed by atoms with Crippen LogP contribution >= 0.6 is 0 Å². The zero-order valence-corrected chi connectivity index (χ0v) is 12.4. The number of ether oxygens (including phenoxy) is 2. The first-order valence-electron chi connectivity index (χ1n) is 7.23. The van der Waals surface area contributed by atoms with Gasteiger partial charge in [0, 0.05) is 18.7 Å². The number of benzene rings is 1. The van der Waals surface area contributed by atoms with Crippen molar-refractivity contribution in [2.24, 2.45) is 5.92 Å². The van der Waals surface area contributed by atoms with Crippen molar-refractivity contribution in [1.29, 1.82) is 0 Å². The predicted octanol–water partition coefficient (Wildman–Crippen LogP) is 3.24. The maximum absolute atomic E-state index is 5.78. The number of nitrogens with one attached hydrogen (secondary N) is 1. The van der Waals surface area contributed by atoms with E-state index in [2.05, 4.69) is 32.2 Å². The largest absolute Gasteiger partial charge is 0.491 e. The number of hydrogen-bond donors (Lipinski definition) is 1. The van der Waals surface area contributed by atoms with Crippen molar-refractivity contribution in [1.82, 2.24) is 5.32 Å². The van der Waals surface area contributed by atoms with E-state index in [0.717, 1.165) is 31.9 Å². The van der Waals surface area contributed by atoms with Gasteiger partial charge in [0.05, 0.1) is 6.61 Å². The molecule has 0 radical (unpaired) electrons. The van der Waals surface area contributed by atoms with Crippen LogP contribution < -0.4 is 10.1 Å². The molecule has 0 spiro atoms. The van der Waals surface area contributed by atoms with Gasteiger partial charge in [-0.05, 0) is 24.9 Å². The normalized spacial score (nSPS) is 10.9. The average Bonchev–Trinajstić information content (AvgIpc) is 2.40. The average molecular weight is 265 g/mol. The lowest BCUT2D eigenvalue weighted by molar-refractivity contribution is 0.100. The fourth-order valence-electron chi connectivity index (χ4n) is 1.74. The molecule has 0 aliphatic carbocycles. The van der Waals surface area contributed by atoms with E-state index in [1.54, 1.807) is 0 Å². The van der Waals surface area contributed by atoms with Crippen LogP contribution in [0.5, 0.6) is 5.75 Å². The first-order chi connectivity index (χ1) is 9.24. The Morgan fingerprint density at radius 1 is 1.11 bits per heavy atom. The Balaban J connectivity index is 2.35. The minimum absolute atomic E-state index is 0.612. The molecule has 1 rings (SSSR count). The Labute approximate surface area is 117 Å². The molecule has 0 bridgehead atoms. The fourth-order valence-corrected chi connectivity index (χ4v) is 1.74. The van der Waals surface area contributed by atoms with Crippen molar-refractivity contribution < 1.29 is 9.47 Å². The highest BCUT2D eigenvalue weighted by molar-refractivity contribution is 5.33. The van der Waals surface area contributed by atoms with Crippen LogP contribution in [0.25, 0.3) is 0 Å². The van der Waals surface area contributed by atoms with Gasteiger partial charge in [-0.15, -0.1) is 0 Å². The highest BCUT2D eigenvalue weighted by Gasteiger charge is 2.03. The minimum atomic E-state index is 0.612. The Bertz CT molecular complexity index is 339. The third-order valence-electron chi connectivity index (χ3n) is 2.67. The third kappa shape index (κ3) is 7.19. The molecule has 0 atom stereocenters. The quantitative estimate of drug-likeness (QED) is 0.659. The van der Waals surface area contributed by atoms with Gasteiger partial charge in [0.15, 0.2) is 0 Å². The lowest BCUT2D eigenvalue weighted by Crippen LogP contribution is -2.19. The molecule has 0 aliphatic rings. The SMILES string of the molecule is CCCOCCOc1ccccc1CNCC(C)C. The molecular formula is C16H27NO2. The van der Waals surface area contributed by atoms with Crippen molar-refractivity contribution in [2.45, 2.75) is 33.7 Å². The number of para-hydroxylation sites is 1. The monoisotopic (exact) mass is 265 g/mol. The van der Waals surface area contributed by atoms with Gasteiger partial charge in [-0.3, -0.25) is 0 Å². The van der Waals surface area contributed by atoms with Crippen LogP contribution in [0.15, 0.2) is 24.3 Å². The predicted molar refractivity (Wildman–Crippen MR) is 79.6 cm³/mol. The van der Waals surface area contributed by atoms with Gasteiger partial charge in [-0.1, -0.05) is 39.0 Å². The van der Waals surface area contributed by atoms with Crippen LogP contribution in [0, 0.1) is 5.92 Å². The van der Waals surface area contributed by atoms with Gasteiger partial charge in [-0.25, -0.2) is 0 Å². The van der Waals surface area contributed by atoms with E-state index in [9.17, 15) is 0 Å². The molecule has 0 fully saturated rings. The molecule has 19 heavy (non-hydrogen) atoms. The van der Waals surface area contributed by atoms with E-state index in [-0.39, 0.29) is 0 Å². The molecule has 0 unspecified atom stereocenters. The summed E-state index contributed by atoms with van der Waals surface area (Å²) in [7, 11) is 0. The van der Waals surface area contributed by atoms with Crippen molar-refractivity contribution in [3.8, 4) is 5.75 Å². The van der Waals surface area contributed by atoms with Crippen molar-refractivity contribution in [3.63, 3.8) is 0 Å². The summed E-state index contributed by atoms with van der Waals surface area (Å²) < 4.78 is 11.2. The topological polar surface area (TPSA) is 30.5 Å². The second-order valence-corrected chi connectivity index (χ2v) is 5.09. The zero-order chi connectivity index (χ0) is 13.9. The molecule has 108 valence electrons. The van der Waals surface area contributed by atoms with Crippen molar-refractivity contribution in [3.05, 3.63) is 29.8 Å². The molecule has 1 aromatic rings. The molecule has 1 N–H and O–H groups in total. The molecule has 1 aromatic carbocycles. The summed E-state index contributed by atoms with van der Waals surface area (Å²) in [6.45, 7) is 10.5. The molecule has 0 aliphatic heterocycles. The van der Waals surface area contributed by atoms with E-state index >= 15 is 0 Å². The van der Waals surface area contributed by atoms with Crippen LogP contribution in [0.3, 0.4) is 0 Å². The maximum Gasteiger partial charge on any atom is 0.123 e. The highest BCUT2D eigenvalue weighted by Crippen LogP contribution is 2.17. The first-order valence-corrected chi connectivity index (χ1v) is 7.23. The standard InChI is InChI=1S/C16H27NO2/c1-4-9-18-10-11-19-16-8-6-5-7-15(16)13-17-12-14(2)3/h5-8,14,17H,4,9-13H2,1-3H3. The Morgan fingerprint density at radius 3 is 2.63 bits per heavy atom. The van der Waals surface area contributed by atoms with E-state index in [1.807, 2.05) is 18.2 Å². The smallest absolute Gasteiger partial charge is 0.123 e. The molecule has 3 heteroatoms. The molecule has 0 aromatic heterocycles. The molecular weight excluding hydrogens is 238 g/mol. The highest BCUT2D eigenvalue weighted by atomic mass is 16.5. The van der Waals surface area contributed by atoms with E-state index in [4.69, 9.17) is 9.47 Å². The number of hydrogen-bond acceptors (Lipinski definition) is 3. The van der Waals surface area contributed by atoms with Gasteiger partial charge >= 0.3 is 0 Å². The summed E-state index contributed by atoms with van der Waals surface area (Å²) in [5.74, 6) is 1.62. The fraction of sp³-hybridized carbons (Fsp3) is 0.625. The minimum Gasteiger partial charge on any atom is -0.491 e. The Kier molecular flexibility index (Phi) is 8.26. The van der Waals surface area contributed by atoms with E-state index < -0.39 is 0 Å². The lowest BCUT2D eigenvalue weighted by atomic mass is 10.2. The van der Waals surface area contributed by atoms with Crippen LogP contribution in [0.4, 0.5) is 0 Å². The van der Waals surface area contributed by atoms with Crippen LogP contribution in [0.2, 0.25) is 0 Å². The molecule has 0 saturated carbocycles. The van der Waals surface area contributed by atoms with Gasteiger partial charge < -0.3 is 14.8 Å². The summed E-state index contributed by atoms with van der Waals surface area (Å²) in [6.07, 6.45) is 1.05. The van der Waals surface area contributed by atoms with Gasteiger partial charge in [0.1, 0.15) is 12.4 Å². The first kappa shape index (κ1) is 16.0. The van der Waals surface area contributed by atoms with Crippen LogP contribution in [-0.4, -0.2) is 26.4 Å². The van der Waals surface area contributed by atoms with Gasteiger partial charge in [-0.2, -0.15) is 0 Å². The van der Waals surface area contributed by atoms with E-state index in [1.165, 1.54) is 5.56 Å². The van der Waals surface area contributed by atoms with Crippen LogP contribution in [-0.2, 0) is 11.3 Å². The van der Waals surface area contributed by atoms with Gasteiger partial charge in [0.2, 0.25) is 0 Å². The molecule has 0 saturated heterocycles. The summed E-state index contributed by atoms with van der Waals surface area (Å²) in [5.41, 5.74) is 1.21. The summed E-state index contributed by atoms with van der Waals surface area (Å²) in [4.78, 5) is 0. The van der Waals surface area contributed by atoms with Crippen LogP contribution in [0.1, 0.15) is 32.8 Å². The summed E-state index contributed by atoms with van der Waals surface area (Å²) in [5, 5.41) is 3.44. The third-order valence-corrected chi connectivity index (χ3v) is 2.67. The molecule has 0 heterocycles. The van der Waals surface area contributed by atoms with E-state index in [0.29, 0.717) is 19.1 Å². The Morgan fingerprint density at radius 2 is 1.89 bits per heavy atom. The van der Waals surface area contributed by atoms with Gasteiger partial charge in [0.25, 0.3) is 0 Å². The summed E-state index contributed by atoms with van der Waals surface area (Å²) >= 11 is 0. The van der Waals surface area contributed by atoms with Crippen molar-refractivity contribution in [2.75, 3.05) is 26.4 Å². The second kappa shape index (κ2) is 9.82. The van der Waals surface area contributed by atoms with Crippen molar-refractivity contribution >= 4 is 0 Å². The second-order valence-electron chi connectivity index (χ2n) is 5.09. The molecule has 3 nitrogen and oxygen atoms in total. The Hall–Kier alpha value is -1.06. The maximum atomic E-state index is 5.78. The zero-order valence-electron chi connectivity index (χ0n) is 12.4. The molecule has 0 amide bonds. The summed E-state index contributed by atoms with van der Waals surface area (Å²) in [6, 6.07) is 8.18. The number of rotatable bonds is 10. The lowest BCUT2D eigenvalue weighted by Gasteiger charge is -2.13.